The van der Waals surface area contributed by atoms with Crippen molar-refractivity contribution in [1.29, 1.82) is 0 Å². The Bertz CT molecular complexity index is 406. The maximum Gasteiger partial charge on any atom is 0.233 e. The quantitative estimate of drug-likeness (QED) is 0.684. The Balaban J connectivity index is 3.10. The molecule has 0 N–H and O–H groups in total. The van der Waals surface area contributed by atoms with Gasteiger partial charge >= 0.3 is 0 Å². The van der Waals surface area contributed by atoms with E-state index in [-0.39, 0.29) is 11.0 Å². The number of nitrogens with zero attached hydrogens (tertiary/aromatic N) is 3. The molecule has 0 aliphatic heterocycles. The molecule has 0 fully saturated rings. The molecule has 0 atom stereocenters. The average Bonchev–Trinajstić information content (AvgIpc) is 2.01. The fraction of sp³-hybridized carbons (Fsp3) is 0.333. The minimum Gasteiger partial charge on any atom is -0.257 e. The summed E-state index contributed by atoms with van der Waals surface area (Å²) in [5.41, 5.74) is 0. The molecule has 0 aliphatic carbocycles. The molecular formula is C6H8ClN3O2S. The van der Waals surface area contributed by atoms with Crippen LogP contribution in [0, 0.1) is 0 Å². The molecule has 0 aliphatic rings. The van der Waals surface area contributed by atoms with Gasteiger partial charge in [-0.2, -0.15) is 0 Å². The Kier molecular flexibility index (Phi) is 2.72. The van der Waals surface area contributed by atoms with Gasteiger partial charge in [0, 0.05) is 13.1 Å². The highest BCUT2D eigenvalue weighted by atomic mass is 35.5. The van der Waals surface area contributed by atoms with Gasteiger partial charge in [-0.15, -0.1) is 0 Å². The molecule has 0 amide bonds. The SMILES string of the molecule is CN(c1cc(Cl)ncn1)S(C)(=O)=O. The lowest BCUT2D eigenvalue weighted by molar-refractivity contribution is 0.600. The van der Waals surface area contributed by atoms with E-state index in [4.69, 9.17) is 11.6 Å². The summed E-state index contributed by atoms with van der Waals surface area (Å²) in [6.07, 6.45) is 2.29. The van der Waals surface area contributed by atoms with E-state index in [1.807, 2.05) is 0 Å². The highest BCUT2D eigenvalue weighted by Crippen LogP contribution is 2.14. The van der Waals surface area contributed by atoms with E-state index in [1.54, 1.807) is 0 Å². The first-order valence-corrected chi connectivity index (χ1v) is 5.55. The zero-order valence-corrected chi connectivity index (χ0v) is 8.67. The molecule has 0 saturated heterocycles. The second-order valence-corrected chi connectivity index (χ2v) is 4.83. The molecule has 5 nitrogen and oxygen atoms in total. The van der Waals surface area contributed by atoms with Crippen LogP contribution >= 0.6 is 11.6 Å². The van der Waals surface area contributed by atoms with Gasteiger partial charge in [-0.25, -0.2) is 18.4 Å². The Morgan fingerprint density at radius 1 is 1.46 bits per heavy atom. The van der Waals surface area contributed by atoms with E-state index >= 15 is 0 Å². The highest BCUT2D eigenvalue weighted by Gasteiger charge is 2.13. The molecule has 13 heavy (non-hydrogen) atoms. The van der Waals surface area contributed by atoms with Gasteiger partial charge in [-0.3, -0.25) is 4.31 Å². The van der Waals surface area contributed by atoms with E-state index in [2.05, 4.69) is 9.97 Å². The van der Waals surface area contributed by atoms with Gasteiger partial charge in [-0.05, 0) is 0 Å². The fourth-order valence-electron chi connectivity index (χ4n) is 0.666. The number of sulfonamides is 1. The van der Waals surface area contributed by atoms with Crippen LogP contribution in [0.25, 0.3) is 0 Å². The van der Waals surface area contributed by atoms with E-state index in [1.165, 1.54) is 19.4 Å². The monoisotopic (exact) mass is 221 g/mol. The topological polar surface area (TPSA) is 63.2 Å². The summed E-state index contributed by atoms with van der Waals surface area (Å²) in [6, 6.07) is 1.38. The number of halogens is 1. The van der Waals surface area contributed by atoms with Gasteiger partial charge in [0.25, 0.3) is 0 Å². The van der Waals surface area contributed by atoms with E-state index < -0.39 is 10.0 Å². The third-order valence-electron chi connectivity index (χ3n) is 1.44. The van der Waals surface area contributed by atoms with E-state index in [0.717, 1.165) is 10.6 Å². The van der Waals surface area contributed by atoms with Gasteiger partial charge in [-0.1, -0.05) is 11.6 Å². The summed E-state index contributed by atoms with van der Waals surface area (Å²) in [7, 11) is -1.89. The summed E-state index contributed by atoms with van der Waals surface area (Å²) in [6.45, 7) is 0. The van der Waals surface area contributed by atoms with Crippen molar-refractivity contribution in [3.8, 4) is 0 Å². The Morgan fingerprint density at radius 3 is 2.54 bits per heavy atom. The minimum absolute atomic E-state index is 0.209. The van der Waals surface area contributed by atoms with Crippen LogP contribution in [0.15, 0.2) is 12.4 Å². The average molecular weight is 222 g/mol. The van der Waals surface area contributed by atoms with Gasteiger partial charge in [0.05, 0.1) is 6.26 Å². The van der Waals surface area contributed by atoms with Crippen LogP contribution in [-0.2, 0) is 10.0 Å². The van der Waals surface area contributed by atoms with Crippen molar-refractivity contribution in [1.82, 2.24) is 9.97 Å². The maximum atomic E-state index is 11.1. The molecule has 7 heteroatoms. The first kappa shape index (κ1) is 10.2. The Labute approximate surface area is 81.4 Å². The van der Waals surface area contributed by atoms with Crippen molar-refractivity contribution in [2.24, 2.45) is 0 Å². The number of rotatable bonds is 2. The smallest absolute Gasteiger partial charge is 0.233 e. The van der Waals surface area contributed by atoms with Gasteiger partial charge < -0.3 is 0 Å². The van der Waals surface area contributed by atoms with E-state index in [9.17, 15) is 8.42 Å². The van der Waals surface area contributed by atoms with Crippen molar-refractivity contribution in [2.45, 2.75) is 0 Å². The van der Waals surface area contributed by atoms with Crippen molar-refractivity contribution >= 4 is 27.4 Å². The van der Waals surface area contributed by atoms with Crippen molar-refractivity contribution < 1.29 is 8.42 Å². The lowest BCUT2D eigenvalue weighted by atomic mass is 10.6. The third kappa shape index (κ3) is 2.53. The van der Waals surface area contributed by atoms with Crippen LogP contribution in [0.5, 0.6) is 0 Å². The molecular weight excluding hydrogens is 214 g/mol. The summed E-state index contributed by atoms with van der Waals surface area (Å²) < 4.78 is 23.2. The number of aromatic nitrogens is 2. The first-order valence-electron chi connectivity index (χ1n) is 3.32. The summed E-state index contributed by atoms with van der Waals surface area (Å²) in [4.78, 5) is 7.39. The standard InChI is InChI=1S/C6H8ClN3O2S/c1-10(13(2,11)12)6-3-5(7)8-4-9-6/h3-4H,1-2H3. The largest absolute Gasteiger partial charge is 0.257 e. The van der Waals surface area contributed by atoms with Gasteiger partial charge in [0.1, 0.15) is 17.3 Å². The molecule has 1 aromatic rings. The van der Waals surface area contributed by atoms with Crippen LogP contribution in [0.3, 0.4) is 0 Å². The number of anilines is 1. The third-order valence-corrected chi connectivity index (χ3v) is 2.83. The second-order valence-electron chi connectivity index (χ2n) is 2.43. The van der Waals surface area contributed by atoms with Gasteiger partial charge in [0.2, 0.25) is 10.0 Å². The van der Waals surface area contributed by atoms with Crippen LogP contribution in [-0.4, -0.2) is 31.7 Å². The second kappa shape index (κ2) is 3.47. The van der Waals surface area contributed by atoms with Gasteiger partial charge in [0.15, 0.2) is 0 Å². The minimum atomic E-state index is -3.29. The van der Waals surface area contributed by atoms with Crippen LogP contribution in [0.4, 0.5) is 5.82 Å². The molecule has 1 rings (SSSR count). The molecule has 1 aromatic heterocycles. The predicted molar refractivity (Wildman–Crippen MR) is 50.3 cm³/mol. The molecule has 0 saturated carbocycles. The zero-order valence-electron chi connectivity index (χ0n) is 7.10. The van der Waals surface area contributed by atoms with Crippen LogP contribution in [0.2, 0.25) is 5.15 Å². The fourth-order valence-corrected chi connectivity index (χ4v) is 1.25. The number of hydrogen-bond donors (Lipinski definition) is 0. The first-order chi connectivity index (χ1) is 5.91. The lowest BCUT2D eigenvalue weighted by Gasteiger charge is -2.14. The predicted octanol–water partition coefficient (Wildman–Crippen LogP) is 0.526. The molecule has 72 valence electrons. The Morgan fingerprint density at radius 2 is 2.08 bits per heavy atom. The molecule has 0 spiro atoms. The molecule has 0 aromatic carbocycles. The summed E-state index contributed by atoms with van der Waals surface area (Å²) in [5.74, 6) is 0.252. The lowest BCUT2D eigenvalue weighted by Crippen LogP contribution is -2.25. The van der Waals surface area contributed by atoms with E-state index in [0.29, 0.717) is 0 Å². The Hall–Kier alpha value is -0.880. The molecule has 0 unspecified atom stereocenters. The van der Waals surface area contributed by atoms with Crippen molar-refractivity contribution in [2.75, 3.05) is 17.6 Å². The zero-order chi connectivity index (χ0) is 10.1. The molecule has 0 bridgehead atoms. The summed E-state index contributed by atoms with van der Waals surface area (Å²) in [5, 5.41) is 0.209. The normalized spacial score (nSPS) is 11.3. The summed E-state index contributed by atoms with van der Waals surface area (Å²) >= 11 is 5.57. The number of hydrogen-bond acceptors (Lipinski definition) is 4. The highest BCUT2D eigenvalue weighted by molar-refractivity contribution is 7.92. The van der Waals surface area contributed by atoms with Crippen LogP contribution < -0.4 is 4.31 Å². The van der Waals surface area contributed by atoms with Crippen molar-refractivity contribution in [3.05, 3.63) is 17.5 Å². The van der Waals surface area contributed by atoms with Crippen molar-refractivity contribution in [3.63, 3.8) is 0 Å². The van der Waals surface area contributed by atoms with Crippen LogP contribution in [0.1, 0.15) is 0 Å². The molecule has 0 radical (unpaired) electrons. The molecule has 1 heterocycles. The maximum absolute atomic E-state index is 11.1.